The number of nitrogens with zero attached hydrogens (tertiary/aromatic N) is 4. The summed E-state index contributed by atoms with van der Waals surface area (Å²) in [5.41, 5.74) is 0. The van der Waals surface area contributed by atoms with Crippen molar-refractivity contribution in [2.45, 2.75) is 19.9 Å². The first-order chi connectivity index (χ1) is 4.34. The molecule has 1 aromatic heterocycles. The van der Waals surface area contributed by atoms with Gasteiger partial charge in [0.1, 0.15) is 0 Å². The van der Waals surface area contributed by atoms with Crippen LogP contribution in [0.15, 0.2) is 0 Å². The summed E-state index contributed by atoms with van der Waals surface area (Å²) in [6.07, 6.45) is 0.991. The Morgan fingerprint density at radius 3 is 2.89 bits per heavy atom. The van der Waals surface area contributed by atoms with Crippen LogP contribution >= 0.6 is 11.6 Å². The van der Waals surface area contributed by atoms with Gasteiger partial charge in [-0.3, -0.25) is 0 Å². The molecule has 0 fully saturated rings. The van der Waals surface area contributed by atoms with Gasteiger partial charge < -0.3 is 0 Å². The fourth-order valence-corrected chi connectivity index (χ4v) is 0.695. The summed E-state index contributed by atoms with van der Waals surface area (Å²) < 4.78 is 1.56. The number of aromatic nitrogens is 4. The highest BCUT2D eigenvalue weighted by atomic mass is 35.5. The van der Waals surface area contributed by atoms with Crippen LogP contribution in [0.5, 0.6) is 0 Å². The molecule has 1 heterocycles. The van der Waals surface area contributed by atoms with Gasteiger partial charge in [-0.1, -0.05) is 12.0 Å². The normalized spacial score (nSPS) is 10.0. The lowest BCUT2D eigenvalue weighted by Gasteiger charge is -1.92. The van der Waals surface area contributed by atoms with Crippen LogP contribution < -0.4 is 0 Å². The Hall–Kier alpha value is -0.640. The molecule has 0 radical (unpaired) electrons. The largest absolute Gasteiger partial charge is 0.243 e. The Balaban J connectivity index is 2.69. The second-order valence-electron chi connectivity index (χ2n) is 1.67. The predicted octanol–water partition coefficient (Wildman–Crippen LogP) is 0.736. The minimum absolute atomic E-state index is 0.358. The molecule has 0 saturated heterocycles. The number of tetrazole rings is 1. The summed E-state index contributed by atoms with van der Waals surface area (Å²) in [5, 5.41) is 10.9. The fraction of sp³-hybridized carbons (Fsp3) is 0.750. The first-order valence-electron chi connectivity index (χ1n) is 2.76. The fourth-order valence-electron chi connectivity index (χ4n) is 0.542. The lowest BCUT2D eigenvalue weighted by molar-refractivity contribution is 0.579. The molecule has 1 aromatic rings. The van der Waals surface area contributed by atoms with E-state index in [-0.39, 0.29) is 0 Å². The number of hydrogen-bond acceptors (Lipinski definition) is 3. The van der Waals surface area contributed by atoms with E-state index in [1.54, 1.807) is 4.68 Å². The van der Waals surface area contributed by atoms with E-state index in [0.717, 1.165) is 13.0 Å². The molecule has 9 heavy (non-hydrogen) atoms. The monoisotopic (exact) mass is 146 g/mol. The minimum atomic E-state index is 0.358. The van der Waals surface area contributed by atoms with Crippen LogP contribution in [0.2, 0.25) is 5.28 Å². The van der Waals surface area contributed by atoms with Crippen LogP contribution in [0.3, 0.4) is 0 Å². The second kappa shape index (κ2) is 2.77. The van der Waals surface area contributed by atoms with Crippen LogP contribution in [0.1, 0.15) is 13.3 Å². The topological polar surface area (TPSA) is 43.6 Å². The molecule has 0 spiro atoms. The van der Waals surface area contributed by atoms with Crippen LogP contribution in [-0.2, 0) is 6.54 Å². The number of halogens is 1. The van der Waals surface area contributed by atoms with Crippen LogP contribution in [0, 0.1) is 0 Å². The van der Waals surface area contributed by atoms with Gasteiger partial charge in [0.15, 0.2) is 0 Å². The van der Waals surface area contributed by atoms with Crippen molar-refractivity contribution in [3.8, 4) is 0 Å². The smallest absolute Gasteiger partial charge is 0.216 e. The summed E-state index contributed by atoms with van der Waals surface area (Å²) >= 11 is 5.55. The summed E-state index contributed by atoms with van der Waals surface area (Å²) in [5.74, 6) is 0. The van der Waals surface area contributed by atoms with Crippen molar-refractivity contribution >= 4 is 11.6 Å². The van der Waals surface area contributed by atoms with Gasteiger partial charge in [-0.05, 0) is 28.4 Å². The quantitative estimate of drug-likeness (QED) is 0.618. The van der Waals surface area contributed by atoms with Crippen LogP contribution in [0.4, 0.5) is 0 Å². The van der Waals surface area contributed by atoms with E-state index in [0.29, 0.717) is 5.28 Å². The van der Waals surface area contributed by atoms with Crippen molar-refractivity contribution < 1.29 is 0 Å². The summed E-state index contributed by atoms with van der Waals surface area (Å²) in [7, 11) is 0. The molecule has 0 aliphatic carbocycles. The van der Waals surface area contributed by atoms with E-state index in [1.807, 2.05) is 6.92 Å². The van der Waals surface area contributed by atoms with Gasteiger partial charge in [-0.15, -0.1) is 0 Å². The van der Waals surface area contributed by atoms with Crippen LogP contribution in [-0.4, -0.2) is 20.2 Å². The number of aryl methyl sites for hydroxylation is 1. The van der Waals surface area contributed by atoms with Gasteiger partial charge in [-0.25, -0.2) is 4.68 Å². The first kappa shape index (κ1) is 6.48. The lowest BCUT2D eigenvalue weighted by atomic mass is 10.5. The third-order valence-corrected chi connectivity index (χ3v) is 1.19. The molecule has 0 aromatic carbocycles. The van der Waals surface area contributed by atoms with Gasteiger partial charge in [-0.2, -0.15) is 0 Å². The van der Waals surface area contributed by atoms with E-state index in [1.165, 1.54) is 0 Å². The predicted molar refractivity (Wildman–Crippen MR) is 33.1 cm³/mol. The molecule has 0 atom stereocenters. The molecule has 50 valence electrons. The minimum Gasteiger partial charge on any atom is -0.216 e. The molecule has 0 unspecified atom stereocenters. The van der Waals surface area contributed by atoms with Crippen molar-refractivity contribution in [2.75, 3.05) is 0 Å². The average Bonchev–Trinajstić information content (AvgIpc) is 2.18. The van der Waals surface area contributed by atoms with E-state index in [9.17, 15) is 0 Å². The van der Waals surface area contributed by atoms with E-state index >= 15 is 0 Å². The van der Waals surface area contributed by atoms with Crippen molar-refractivity contribution in [3.63, 3.8) is 0 Å². The SMILES string of the molecule is CCCn1nnnc1Cl. The highest BCUT2D eigenvalue weighted by Gasteiger charge is 1.97. The zero-order valence-corrected chi connectivity index (χ0v) is 5.84. The lowest BCUT2D eigenvalue weighted by Crippen LogP contribution is -1.98. The van der Waals surface area contributed by atoms with Gasteiger partial charge in [0.05, 0.1) is 0 Å². The number of rotatable bonds is 2. The van der Waals surface area contributed by atoms with Gasteiger partial charge in [0.2, 0.25) is 5.28 Å². The molecule has 0 bridgehead atoms. The van der Waals surface area contributed by atoms with Gasteiger partial charge in [0.25, 0.3) is 0 Å². The van der Waals surface area contributed by atoms with Gasteiger partial charge >= 0.3 is 0 Å². The second-order valence-corrected chi connectivity index (χ2v) is 2.01. The highest BCUT2D eigenvalue weighted by molar-refractivity contribution is 6.28. The van der Waals surface area contributed by atoms with E-state index in [2.05, 4.69) is 15.5 Å². The molecule has 0 saturated carbocycles. The summed E-state index contributed by atoms with van der Waals surface area (Å²) in [4.78, 5) is 0. The Kier molecular flexibility index (Phi) is 2.00. The van der Waals surface area contributed by atoms with Crippen LogP contribution in [0.25, 0.3) is 0 Å². The molecule has 0 amide bonds. The van der Waals surface area contributed by atoms with Crippen molar-refractivity contribution in [3.05, 3.63) is 5.28 Å². The zero-order chi connectivity index (χ0) is 6.69. The number of hydrogen-bond donors (Lipinski definition) is 0. The summed E-state index contributed by atoms with van der Waals surface area (Å²) in [6, 6.07) is 0. The zero-order valence-electron chi connectivity index (χ0n) is 5.08. The van der Waals surface area contributed by atoms with E-state index < -0.39 is 0 Å². The third-order valence-electron chi connectivity index (χ3n) is 0.924. The Bertz CT molecular complexity index is 184. The summed E-state index contributed by atoms with van der Waals surface area (Å²) in [6.45, 7) is 2.82. The molecular weight excluding hydrogens is 140 g/mol. The van der Waals surface area contributed by atoms with E-state index in [4.69, 9.17) is 11.6 Å². The molecule has 5 heteroatoms. The standard InChI is InChI=1S/C4H7ClN4/c1-2-3-9-4(5)6-7-8-9/h2-3H2,1H3. The first-order valence-corrected chi connectivity index (χ1v) is 3.14. The molecule has 0 N–H and O–H groups in total. The molecule has 4 nitrogen and oxygen atoms in total. The maximum atomic E-state index is 5.55. The molecule has 0 aliphatic heterocycles. The molecule has 1 rings (SSSR count). The van der Waals surface area contributed by atoms with Gasteiger partial charge in [0, 0.05) is 6.54 Å². The Morgan fingerprint density at radius 2 is 2.44 bits per heavy atom. The Labute approximate surface area is 57.8 Å². The molecular formula is C4H7ClN4. The van der Waals surface area contributed by atoms with Crippen molar-refractivity contribution in [2.24, 2.45) is 0 Å². The average molecular weight is 147 g/mol. The maximum absolute atomic E-state index is 5.55. The molecule has 0 aliphatic rings. The van der Waals surface area contributed by atoms with Crippen molar-refractivity contribution in [1.82, 2.24) is 20.2 Å². The third kappa shape index (κ3) is 1.38. The maximum Gasteiger partial charge on any atom is 0.243 e. The van der Waals surface area contributed by atoms with Crippen molar-refractivity contribution in [1.29, 1.82) is 0 Å². The Morgan fingerprint density at radius 1 is 1.67 bits per heavy atom. The highest BCUT2D eigenvalue weighted by Crippen LogP contribution is 1.99.